The summed E-state index contributed by atoms with van der Waals surface area (Å²) in [6, 6.07) is 12.5. The fourth-order valence-electron chi connectivity index (χ4n) is 3.27. The number of nitrogens with zero attached hydrogens (tertiary/aromatic N) is 1. The van der Waals surface area contributed by atoms with Crippen molar-refractivity contribution in [1.82, 2.24) is 10.6 Å². The van der Waals surface area contributed by atoms with Crippen LogP contribution >= 0.6 is 11.6 Å². The lowest BCUT2D eigenvalue weighted by Gasteiger charge is -2.19. The number of anilines is 1. The van der Waals surface area contributed by atoms with Gasteiger partial charge in [-0.25, -0.2) is 4.39 Å². The third-order valence-electron chi connectivity index (χ3n) is 4.90. The number of rotatable bonds is 6. The summed E-state index contributed by atoms with van der Waals surface area (Å²) in [5.41, 5.74) is 1.32. The predicted octanol–water partition coefficient (Wildman–Crippen LogP) is 3.24. The summed E-state index contributed by atoms with van der Waals surface area (Å²) >= 11 is 6.02. The molecule has 0 bridgehead atoms. The smallest absolute Gasteiger partial charge is 0.253 e. The number of halogens is 2. The molecule has 2 aromatic carbocycles. The van der Waals surface area contributed by atoms with Gasteiger partial charge in [0.1, 0.15) is 11.9 Å². The van der Waals surface area contributed by atoms with Crippen LogP contribution < -0.4 is 15.5 Å². The van der Waals surface area contributed by atoms with E-state index in [1.165, 1.54) is 12.1 Å². The van der Waals surface area contributed by atoms with Gasteiger partial charge in [-0.15, -0.1) is 0 Å². The molecule has 7 heteroatoms. The molecule has 1 aliphatic heterocycles. The molecule has 1 aliphatic rings. The first-order valence-electron chi connectivity index (χ1n) is 9.27. The fraction of sp³-hybridized carbons (Fsp3) is 0.333. The summed E-state index contributed by atoms with van der Waals surface area (Å²) in [5, 5.41) is 5.92. The van der Waals surface area contributed by atoms with Gasteiger partial charge in [-0.05, 0) is 55.7 Å². The highest BCUT2D eigenvalue weighted by molar-refractivity contribution is 6.33. The predicted molar refractivity (Wildman–Crippen MR) is 108 cm³/mol. The first-order chi connectivity index (χ1) is 13.4. The van der Waals surface area contributed by atoms with Gasteiger partial charge in [-0.1, -0.05) is 23.7 Å². The van der Waals surface area contributed by atoms with Crippen molar-refractivity contribution >= 4 is 29.1 Å². The van der Waals surface area contributed by atoms with Gasteiger partial charge in [0.15, 0.2) is 0 Å². The molecular formula is C21H23ClFN3O2. The van der Waals surface area contributed by atoms with E-state index >= 15 is 0 Å². The maximum absolute atomic E-state index is 13.1. The summed E-state index contributed by atoms with van der Waals surface area (Å²) in [7, 11) is 0. The van der Waals surface area contributed by atoms with E-state index in [-0.39, 0.29) is 17.6 Å². The lowest BCUT2D eigenvalue weighted by atomic mass is 10.1. The molecule has 0 spiro atoms. The first-order valence-corrected chi connectivity index (χ1v) is 9.65. The molecule has 2 N–H and O–H groups in total. The molecule has 28 heavy (non-hydrogen) atoms. The van der Waals surface area contributed by atoms with Gasteiger partial charge >= 0.3 is 0 Å². The zero-order chi connectivity index (χ0) is 20.1. The van der Waals surface area contributed by atoms with Crippen molar-refractivity contribution in [3.63, 3.8) is 0 Å². The molecule has 2 atom stereocenters. The second kappa shape index (κ2) is 9.06. The Hall–Kier alpha value is -2.60. The van der Waals surface area contributed by atoms with Crippen molar-refractivity contribution in [2.45, 2.75) is 19.4 Å². The molecule has 5 nitrogen and oxygen atoms in total. The molecule has 148 valence electrons. The highest BCUT2D eigenvalue weighted by Gasteiger charge is 2.24. The normalized spacial score (nSPS) is 17.2. The molecular weight excluding hydrogens is 381 g/mol. The van der Waals surface area contributed by atoms with Crippen LogP contribution in [-0.4, -0.2) is 37.5 Å². The molecule has 0 aliphatic carbocycles. The minimum absolute atomic E-state index is 0.236. The Labute approximate surface area is 168 Å². The Bertz CT molecular complexity index is 844. The van der Waals surface area contributed by atoms with Gasteiger partial charge in [0, 0.05) is 25.3 Å². The van der Waals surface area contributed by atoms with Crippen molar-refractivity contribution in [2.75, 3.05) is 24.5 Å². The monoisotopic (exact) mass is 403 g/mol. The second-order valence-corrected chi connectivity index (χ2v) is 7.40. The van der Waals surface area contributed by atoms with Gasteiger partial charge < -0.3 is 15.5 Å². The number of hydrogen-bond acceptors (Lipinski definition) is 3. The number of nitrogens with one attached hydrogen (secondary N) is 2. The zero-order valence-electron chi connectivity index (χ0n) is 15.6. The Balaban J connectivity index is 1.45. The van der Waals surface area contributed by atoms with E-state index in [2.05, 4.69) is 15.5 Å². The average molecular weight is 404 g/mol. The number of hydrogen-bond donors (Lipinski definition) is 2. The molecule has 1 fully saturated rings. The molecule has 1 heterocycles. The SMILES string of the molecule is C[C@H](NC(=O)c1ccccc1Cl)C(=O)NC[C@@H]1CCN(c2ccc(F)cc2)C1. The largest absolute Gasteiger partial charge is 0.371 e. The van der Waals surface area contributed by atoms with E-state index in [9.17, 15) is 14.0 Å². The number of amides is 2. The second-order valence-electron chi connectivity index (χ2n) is 7.00. The van der Waals surface area contributed by atoms with Gasteiger partial charge in [0.25, 0.3) is 5.91 Å². The fourth-order valence-corrected chi connectivity index (χ4v) is 3.49. The maximum Gasteiger partial charge on any atom is 0.253 e. The third kappa shape index (κ3) is 5.01. The van der Waals surface area contributed by atoms with Crippen molar-refractivity contribution in [3.8, 4) is 0 Å². The maximum atomic E-state index is 13.1. The van der Waals surface area contributed by atoms with Crippen LogP contribution in [0.25, 0.3) is 0 Å². The summed E-state index contributed by atoms with van der Waals surface area (Å²) < 4.78 is 13.1. The Kier molecular flexibility index (Phi) is 6.52. The van der Waals surface area contributed by atoms with Crippen LogP contribution in [0.2, 0.25) is 5.02 Å². The van der Waals surface area contributed by atoms with Crippen LogP contribution in [-0.2, 0) is 4.79 Å². The van der Waals surface area contributed by atoms with Crippen LogP contribution in [0, 0.1) is 11.7 Å². The molecule has 0 radical (unpaired) electrons. The number of carbonyl (C=O) groups excluding carboxylic acids is 2. The Morgan fingerprint density at radius 3 is 2.64 bits per heavy atom. The van der Waals surface area contributed by atoms with E-state index in [1.54, 1.807) is 43.3 Å². The van der Waals surface area contributed by atoms with Crippen LogP contribution in [0.5, 0.6) is 0 Å². The molecule has 0 unspecified atom stereocenters. The lowest BCUT2D eigenvalue weighted by Crippen LogP contribution is -2.46. The number of carbonyl (C=O) groups is 2. The minimum atomic E-state index is -0.668. The van der Waals surface area contributed by atoms with E-state index in [1.807, 2.05) is 0 Å². The molecule has 0 saturated carbocycles. The van der Waals surface area contributed by atoms with Gasteiger partial charge in [-0.3, -0.25) is 9.59 Å². The number of benzene rings is 2. The molecule has 3 rings (SSSR count). The third-order valence-corrected chi connectivity index (χ3v) is 5.23. The van der Waals surface area contributed by atoms with Crippen molar-refractivity contribution in [1.29, 1.82) is 0 Å². The average Bonchev–Trinajstić information content (AvgIpc) is 3.16. The Morgan fingerprint density at radius 2 is 1.93 bits per heavy atom. The lowest BCUT2D eigenvalue weighted by molar-refractivity contribution is -0.122. The summed E-state index contributed by atoms with van der Waals surface area (Å²) in [4.78, 5) is 26.8. The van der Waals surface area contributed by atoms with Crippen LogP contribution in [0.4, 0.5) is 10.1 Å². The quantitative estimate of drug-likeness (QED) is 0.778. The van der Waals surface area contributed by atoms with Gasteiger partial charge in [0.2, 0.25) is 5.91 Å². The van der Waals surface area contributed by atoms with E-state index in [4.69, 9.17) is 11.6 Å². The van der Waals surface area contributed by atoms with Gasteiger partial charge in [0.05, 0.1) is 10.6 Å². The van der Waals surface area contributed by atoms with Crippen LogP contribution in [0.3, 0.4) is 0 Å². The van der Waals surface area contributed by atoms with E-state index in [0.717, 1.165) is 25.2 Å². The Morgan fingerprint density at radius 1 is 1.21 bits per heavy atom. The van der Waals surface area contributed by atoms with Crippen LogP contribution in [0.1, 0.15) is 23.7 Å². The topological polar surface area (TPSA) is 61.4 Å². The standard InChI is InChI=1S/C21H23ClFN3O2/c1-14(25-21(28)18-4-2-3-5-19(18)22)20(27)24-12-15-10-11-26(13-15)17-8-6-16(23)7-9-17/h2-9,14-15H,10-13H2,1H3,(H,24,27)(H,25,28)/t14-,15-/m0/s1. The molecule has 1 saturated heterocycles. The van der Waals surface area contributed by atoms with Crippen molar-refractivity contribution in [2.24, 2.45) is 5.92 Å². The zero-order valence-corrected chi connectivity index (χ0v) is 16.4. The van der Waals surface area contributed by atoms with Crippen molar-refractivity contribution in [3.05, 3.63) is 64.9 Å². The van der Waals surface area contributed by atoms with Crippen LogP contribution in [0.15, 0.2) is 48.5 Å². The summed E-state index contributed by atoms with van der Waals surface area (Å²) in [6.45, 7) is 3.84. The first kappa shape index (κ1) is 20.1. The van der Waals surface area contributed by atoms with E-state index < -0.39 is 6.04 Å². The van der Waals surface area contributed by atoms with Crippen molar-refractivity contribution < 1.29 is 14.0 Å². The molecule has 2 aromatic rings. The highest BCUT2D eigenvalue weighted by atomic mass is 35.5. The summed E-state index contributed by atoms with van der Waals surface area (Å²) in [6.07, 6.45) is 0.942. The minimum Gasteiger partial charge on any atom is -0.371 e. The summed E-state index contributed by atoms with van der Waals surface area (Å²) in [5.74, 6) is -0.558. The van der Waals surface area contributed by atoms with E-state index in [0.29, 0.717) is 23.0 Å². The highest BCUT2D eigenvalue weighted by Crippen LogP contribution is 2.23. The van der Waals surface area contributed by atoms with Gasteiger partial charge in [-0.2, -0.15) is 0 Å². The molecule has 2 amide bonds. The molecule has 0 aromatic heterocycles.